The van der Waals surface area contributed by atoms with Crippen molar-refractivity contribution in [1.82, 2.24) is 9.78 Å². The number of hydrogen-bond donors (Lipinski definition) is 2. The van der Waals surface area contributed by atoms with Crippen LogP contribution in [-0.4, -0.2) is 25.7 Å². The van der Waals surface area contributed by atoms with Crippen LogP contribution in [0.1, 0.15) is 17.4 Å². The van der Waals surface area contributed by atoms with E-state index >= 15 is 0 Å². The van der Waals surface area contributed by atoms with Crippen LogP contribution in [0.25, 0.3) is 0 Å². The number of hydrogen-bond acceptors (Lipinski definition) is 5. The summed E-state index contributed by atoms with van der Waals surface area (Å²) in [5, 5.41) is 26.7. The largest absolute Gasteiger partial charge is 0.506 e. The molecule has 1 heterocycles. The predicted octanol–water partition coefficient (Wildman–Crippen LogP) is 1.77. The molecule has 1 aromatic heterocycles. The molecule has 0 spiro atoms. The van der Waals surface area contributed by atoms with E-state index in [2.05, 4.69) is 10.4 Å². The molecule has 2 aromatic rings. The number of nitrogens with one attached hydrogen (secondary N) is 1. The van der Waals surface area contributed by atoms with E-state index < -0.39 is 10.8 Å². The first kappa shape index (κ1) is 13.5. The second-order valence-electron chi connectivity index (χ2n) is 3.95. The van der Waals surface area contributed by atoms with Gasteiger partial charge in [-0.1, -0.05) is 12.1 Å². The summed E-state index contributed by atoms with van der Waals surface area (Å²) in [6, 6.07) is 6.10. The van der Waals surface area contributed by atoms with Gasteiger partial charge in [-0.2, -0.15) is 5.10 Å². The van der Waals surface area contributed by atoms with Gasteiger partial charge in [0.1, 0.15) is 11.9 Å². The lowest BCUT2D eigenvalue weighted by Gasteiger charge is -2.04. The van der Waals surface area contributed by atoms with Gasteiger partial charge in [0.2, 0.25) is 5.69 Å². The molecular weight excluding hydrogens is 264 g/mol. The van der Waals surface area contributed by atoms with Crippen molar-refractivity contribution in [2.24, 2.45) is 0 Å². The molecule has 1 aromatic carbocycles. The summed E-state index contributed by atoms with van der Waals surface area (Å²) in [6.45, 7) is 2.16. The molecule has 0 aliphatic heterocycles. The Hall–Kier alpha value is -2.90. The summed E-state index contributed by atoms with van der Waals surface area (Å²) in [7, 11) is 0. The van der Waals surface area contributed by atoms with Crippen molar-refractivity contribution in [3.05, 3.63) is 46.3 Å². The number of aryl methyl sites for hydroxylation is 1. The normalized spacial score (nSPS) is 10.2. The molecule has 0 aliphatic carbocycles. The van der Waals surface area contributed by atoms with E-state index in [1.807, 2.05) is 0 Å². The number of benzene rings is 1. The molecule has 0 fully saturated rings. The van der Waals surface area contributed by atoms with Crippen molar-refractivity contribution in [3.8, 4) is 5.75 Å². The number of para-hydroxylation sites is 2. The summed E-state index contributed by atoms with van der Waals surface area (Å²) < 4.78 is 1.30. The Morgan fingerprint density at radius 1 is 1.50 bits per heavy atom. The van der Waals surface area contributed by atoms with Crippen LogP contribution in [0.4, 0.5) is 11.4 Å². The third-order valence-electron chi connectivity index (χ3n) is 2.63. The van der Waals surface area contributed by atoms with Gasteiger partial charge in [-0.25, -0.2) is 0 Å². The number of amides is 1. The summed E-state index contributed by atoms with van der Waals surface area (Å²) in [5.74, 6) is -0.871. The van der Waals surface area contributed by atoms with Gasteiger partial charge in [0.05, 0.1) is 10.6 Å². The van der Waals surface area contributed by atoms with Crippen molar-refractivity contribution in [3.63, 3.8) is 0 Å². The standard InChI is InChI=1S/C12H12N4O4/c1-2-15-7-9(16(19)20)11(14-15)12(18)13-8-5-3-4-6-10(8)17/h3-7,17H,2H2,1H3,(H,13,18). The summed E-state index contributed by atoms with van der Waals surface area (Å²) in [6.07, 6.45) is 1.19. The first-order valence-electron chi connectivity index (χ1n) is 5.84. The Balaban J connectivity index is 2.32. The molecule has 0 radical (unpaired) electrons. The fraction of sp³-hybridized carbons (Fsp3) is 0.167. The molecule has 8 nitrogen and oxygen atoms in total. The maximum Gasteiger partial charge on any atom is 0.320 e. The van der Waals surface area contributed by atoms with Gasteiger partial charge >= 0.3 is 5.69 Å². The molecule has 104 valence electrons. The lowest BCUT2D eigenvalue weighted by molar-refractivity contribution is -0.385. The molecule has 0 saturated heterocycles. The molecule has 1 amide bonds. The number of phenolic OH excluding ortho intramolecular Hbond substituents is 1. The van der Waals surface area contributed by atoms with Crippen LogP contribution >= 0.6 is 0 Å². The minimum Gasteiger partial charge on any atom is -0.506 e. The zero-order chi connectivity index (χ0) is 14.7. The Labute approximate surface area is 113 Å². The van der Waals surface area contributed by atoms with Crippen molar-refractivity contribution < 1.29 is 14.8 Å². The lowest BCUT2D eigenvalue weighted by atomic mass is 10.2. The van der Waals surface area contributed by atoms with Crippen molar-refractivity contribution >= 4 is 17.3 Å². The first-order valence-corrected chi connectivity index (χ1v) is 5.84. The highest BCUT2D eigenvalue weighted by atomic mass is 16.6. The van der Waals surface area contributed by atoms with Crippen molar-refractivity contribution in [2.45, 2.75) is 13.5 Å². The van der Waals surface area contributed by atoms with Crippen LogP contribution in [0.5, 0.6) is 5.75 Å². The fourth-order valence-corrected chi connectivity index (χ4v) is 1.63. The minimum atomic E-state index is -0.745. The quantitative estimate of drug-likeness (QED) is 0.502. The van der Waals surface area contributed by atoms with Gasteiger partial charge < -0.3 is 10.4 Å². The number of nitrogens with zero attached hydrogens (tertiary/aromatic N) is 3. The number of aromatic hydroxyl groups is 1. The molecular formula is C12H12N4O4. The molecule has 2 rings (SSSR count). The van der Waals surface area contributed by atoms with Gasteiger partial charge in [0.25, 0.3) is 5.91 Å². The third kappa shape index (κ3) is 2.58. The number of nitro groups is 1. The molecule has 0 aliphatic rings. The minimum absolute atomic E-state index is 0.126. The monoisotopic (exact) mass is 276 g/mol. The Morgan fingerprint density at radius 3 is 2.80 bits per heavy atom. The number of anilines is 1. The van der Waals surface area contributed by atoms with Crippen LogP contribution in [-0.2, 0) is 6.54 Å². The number of carbonyl (C=O) groups excluding carboxylic acids is 1. The molecule has 0 atom stereocenters. The number of phenols is 1. The van der Waals surface area contributed by atoms with Crippen LogP contribution in [0.3, 0.4) is 0 Å². The summed E-state index contributed by atoms with van der Waals surface area (Å²) in [4.78, 5) is 22.2. The Kier molecular flexibility index (Phi) is 3.65. The molecule has 8 heteroatoms. The van der Waals surface area contributed by atoms with Crippen LogP contribution < -0.4 is 5.32 Å². The molecule has 2 N–H and O–H groups in total. The molecule has 0 unspecified atom stereocenters. The fourth-order valence-electron chi connectivity index (χ4n) is 1.63. The van der Waals surface area contributed by atoms with Crippen LogP contribution in [0, 0.1) is 10.1 Å². The zero-order valence-corrected chi connectivity index (χ0v) is 10.6. The van der Waals surface area contributed by atoms with E-state index in [1.54, 1.807) is 19.1 Å². The Morgan fingerprint density at radius 2 is 2.20 bits per heavy atom. The highest BCUT2D eigenvalue weighted by Crippen LogP contribution is 2.24. The average molecular weight is 276 g/mol. The SMILES string of the molecule is CCn1cc([N+](=O)[O-])c(C(=O)Nc2ccccc2O)n1. The summed E-state index contributed by atoms with van der Waals surface area (Å²) in [5.41, 5.74) is -0.502. The second kappa shape index (κ2) is 5.39. The van der Waals surface area contributed by atoms with Crippen LogP contribution in [0.15, 0.2) is 30.5 Å². The van der Waals surface area contributed by atoms with Gasteiger partial charge in [-0.15, -0.1) is 0 Å². The third-order valence-corrected chi connectivity index (χ3v) is 2.63. The van der Waals surface area contributed by atoms with Gasteiger partial charge in [0, 0.05) is 6.54 Å². The number of aromatic nitrogens is 2. The van der Waals surface area contributed by atoms with E-state index in [9.17, 15) is 20.0 Å². The smallest absolute Gasteiger partial charge is 0.320 e. The first-order chi connectivity index (χ1) is 9.52. The Bertz CT molecular complexity index is 665. The van der Waals surface area contributed by atoms with E-state index in [1.165, 1.54) is 23.0 Å². The number of rotatable bonds is 4. The van der Waals surface area contributed by atoms with Crippen LogP contribution in [0.2, 0.25) is 0 Å². The topological polar surface area (TPSA) is 110 Å². The van der Waals surface area contributed by atoms with Gasteiger partial charge in [0.15, 0.2) is 0 Å². The van der Waals surface area contributed by atoms with Crippen molar-refractivity contribution in [2.75, 3.05) is 5.32 Å². The van der Waals surface area contributed by atoms with E-state index in [0.29, 0.717) is 6.54 Å². The number of carbonyl (C=O) groups is 1. The maximum atomic E-state index is 12.0. The highest BCUT2D eigenvalue weighted by Gasteiger charge is 2.25. The van der Waals surface area contributed by atoms with E-state index in [4.69, 9.17) is 0 Å². The predicted molar refractivity (Wildman–Crippen MR) is 70.6 cm³/mol. The maximum absolute atomic E-state index is 12.0. The summed E-state index contributed by atoms with van der Waals surface area (Å²) >= 11 is 0. The zero-order valence-electron chi connectivity index (χ0n) is 10.6. The van der Waals surface area contributed by atoms with Gasteiger partial charge in [-0.05, 0) is 19.1 Å². The second-order valence-corrected chi connectivity index (χ2v) is 3.95. The average Bonchev–Trinajstić information content (AvgIpc) is 2.86. The van der Waals surface area contributed by atoms with E-state index in [-0.39, 0.29) is 22.8 Å². The molecule has 0 bridgehead atoms. The van der Waals surface area contributed by atoms with E-state index in [0.717, 1.165) is 0 Å². The van der Waals surface area contributed by atoms with Crippen molar-refractivity contribution in [1.29, 1.82) is 0 Å². The molecule has 20 heavy (non-hydrogen) atoms. The lowest BCUT2D eigenvalue weighted by Crippen LogP contribution is -2.14. The molecule has 0 saturated carbocycles. The highest BCUT2D eigenvalue weighted by molar-refractivity contribution is 6.06. The van der Waals surface area contributed by atoms with Gasteiger partial charge in [-0.3, -0.25) is 19.6 Å².